The fraction of sp³-hybridized carbons (Fsp3) is 0.143. The Morgan fingerprint density at radius 2 is 1.72 bits per heavy atom. The third kappa shape index (κ3) is 5.17. The number of hydrogen-bond acceptors (Lipinski definition) is 7. The number of rotatable bonds is 6. The molecule has 32 heavy (non-hydrogen) atoms. The van der Waals surface area contributed by atoms with Crippen molar-refractivity contribution < 1.29 is 32.3 Å². The normalized spacial score (nSPS) is 11.5. The van der Waals surface area contributed by atoms with Crippen LogP contribution in [0.25, 0.3) is 0 Å². The minimum absolute atomic E-state index is 0.0354. The van der Waals surface area contributed by atoms with Crippen molar-refractivity contribution in [1.29, 1.82) is 0 Å². The molecule has 0 saturated heterocycles. The number of methoxy groups -OCH3 is 1. The second kappa shape index (κ2) is 9.69. The molecule has 0 spiro atoms. The van der Waals surface area contributed by atoms with E-state index in [2.05, 4.69) is 10.3 Å². The molecule has 0 radical (unpaired) electrons. The van der Waals surface area contributed by atoms with Crippen LogP contribution in [0.1, 0.15) is 32.0 Å². The van der Waals surface area contributed by atoms with Gasteiger partial charge < -0.3 is 9.57 Å². The molecular weight excluding hydrogens is 447 g/mol. The Hall–Kier alpha value is -3.60. The number of benzene rings is 2. The van der Waals surface area contributed by atoms with E-state index in [1.54, 1.807) is 36.4 Å². The second-order valence-corrected chi connectivity index (χ2v) is 7.29. The van der Waals surface area contributed by atoms with E-state index in [9.17, 15) is 22.8 Å². The van der Waals surface area contributed by atoms with Gasteiger partial charge in [0.05, 0.1) is 30.0 Å². The first-order valence-corrected chi connectivity index (χ1v) is 9.83. The summed E-state index contributed by atoms with van der Waals surface area (Å²) in [4.78, 5) is 29.1. The predicted molar refractivity (Wildman–Crippen MR) is 110 cm³/mol. The molecule has 0 amide bonds. The Bertz CT molecular complexity index is 1160. The quantitative estimate of drug-likeness (QED) is 0.231. The van der Waals surface area contributed by atoms with Gasteiger partial charge in [0.15, 0.2) is 5.69 Å². The van der Waals surface area contributed by atoms with Crippen LogP contribution < -0.4 is 0 Å². The van der Waals surface area contributed by atoms with Crippen LogP contribution in [-0.4, -0.2) is 35.0 Å². The van der Waals surface area contributed by atoms with Crippen molar-refractivity contribution in [1.82, 2.24) is 9.78 Å². The summed E-state index contributed by atoms with van der Waals surface area (Å²) in [5, 5.41) is 7.04. The smallest absolute Gasteiger partial charge is 0.435 e. The number of carbonyl (C=O) groups excluding carboxylic acids is 2. The summed E-state index contributed by atoms with van der Waals surface area (Å²) in [5.41, 5.74) is -1.26. The fourth-order valence-corrected chi connectivity index (χ4v) is 3.71. The molecule has 0 bridgehead atoms. The molecular formula is C21H16F3N3O4S. The largest absolute Gasteiger partial charge is 0.465 e. The summed E-state index contributed by atoms with van der Waals surface area (Å²) >= 11 is 0.871. The van der Waals surface area contributed by atoms with Crippen molar-refractivity contribution in [2.45, 2.75) is 16.1 Å². The summed E-state index contributed by atoms with van der Waals surface area (Å²) in [6.07, 6.45) is -4.01. The van der Waals surface area contributed by atoms with Gasteiger partial charge in [-0.15, -0.1) is 0 Å². The molecule has 7 nitrogen and oxygen atoms in total. The van der Waals surface area contributed by atoms with Gasteiger partial charge in [-0.2, -0.15) is 18.3 Å². The number of oxime groups is 1. The summed E-state index contributed by atoms with van der Waals surface area (Å²) in [7, 11) is 2.53. The van der Waals surface area contributed by atoms with Crippen molar-refractivity contribution >= 4 is 29.9 Å². The van der Waals surface area contributed by atoms with Gasteiger partial charge in [-0.25, -0.2) is 9.59 Å². The Morgan fingerprint density at radius 1 is 1.06 bits per heavy atom. The number of hydrogen-bond donors (Lipinski definition) is 0. The third-order valence-corrected chi connectivity index (χ3v) is 5.38. The Labute approximate surface area is 184 Å². The number of esters is 1. The predicted octanol–water partition coefficient (Wildman–Crippen LogP) is 4.57. The van der Waals surface area contributed by atoms with Gasteiger partial charge in [0, 0.05) is 11.9 Å². The van der Waals surface area contributed by atoms with Crippen molar-refractivity contribution in [3.63, 3.8) is 0 Å². The number of nitrogens with zero attached hydrogens (tertiary/aromatic N) is 3. The van der Waals surface area contributed by atoms with E-state index in [-0.39, 0.29) is 16.2 Å². The summed E-state index contributed by atoms with van der Waals surface area (Å²) < 4.78 is 46.4. The fourth-order valence-electron chi connectivity index (χ4n) is 2.66. The molecule has 0 N–H and O–H groups in total. The lowest BCUT2D eigenvalue weighted by atomic mass is 10.2. The maximum absolute atomic E-state index is 13.6. The van der Waals surface area contributed by atoms with Crippen LogP contribution >= 0.6 is 11.8 Å². The minimum Gasteiger partial charge on any atom is -0.465 e. The number of aryl methyl sites for hydroxylation is 1. The van der Waals surface area contributed by atoms with Crippen LogP contribution in [0.5, 0.6) is 0 Å². The first-order chi connectivity index (χ1) is 15.2. The van der Waals surface area contributed by atoms with Gasteiger partial charge in [0.2, 0.25) is 0 Å². The molecule has 3 aromatic rings. The van der Waals surface area contributed by atoms with E-state index in [0.29, 0.717) is 4.90 Å². The van der Waals surface area contributed by atoms with Gasteiger partial charge >= 0.3 is 18.1 Å². The highest BCUT2D eigenvalue weighted by atomic mass is 32.2. The molecule has 0 atom stereocenters. The number of alkyl halides is 3. The molecule has 1 heterocycles. The van der Waals surface area contributed by atoms with E-state index in [0.717, 1.165) is 22.7 Å². The summed E-state index contributed by atoms with van der Waals surface area (Å²) in [6, 6.07) is 14.2. The molecule has 0 aliphatic heterocycles. The minimum atomic E-state index is -4.79. The summed E-state index contributed by atoms with van der Waals surface area (Å²) in [5.74, 6) is -1.47. The zero-order valence-electron chi connectivity index (χ0n) is 16.8. The van der Waals surface area contributed by atoms with Crippen LogP contribution in [0.4, 0.5) is 13.2 Å². The number of ether oxygens (including phenoxy) is 1. The molecule has 0 fully saturated rings. The van der Waals surface area contributed by atoms with Gasteiger partial charge in [-0.05, 0) is 24.3 Å². The molecule has 0 aliphatic carbocycles. The van der Waals surface area contributed by atoms with Gasteiger partial charge in [0.1, 0.15) is 5.03 Å². The van der Waals surface area contributed by atoms with E-state index >= 15 is 0 Å². The first-order valence-electron chi connectivity index (χ1n) is 9.01. The van der Waals surface area contributed by atoms with Crippen molar-refractivity contribution in [2.24, 2.45) is 12.2 Å². The molecule has 0 aliphatic rings. The second-order valence-electron chi connectivity index (χ2n) is 6.26. The van der Waals surface area contributed by atoms with Crippen molar-refractivity contribution in [2.75, 3.05) is 7.11 Å². The SMILES string of the molecule is COC(=O)c1ccccc1Sc1c(C=NOC(=O)c2ccccc2)c(C(F)(F)F)nn1C. The highest BCUT2D eigenvalue weighted by Crippen LogP contribution is 2.38. The van der Waals surface area contributed by atoms with Crippen molar-refractivity contribution in [3.8, 4) is 0 Å². The van der Waals surface area contributed by atoms with Gasteiger partial charge in [-0.3, -0.25) is 4.68 Å². The molecule has 0 unspecified atom stereocenters. The average Bonchev–Trinajstić information content (AvgIpc) is 3.10. The lowest BCUT2D eigenvalue weighted by Crippen LogP contribution is -2.09. The van der Waals surface area contributed by atoms with Crippen LogP contribution in [0.15, 0.2) is 69.7 Å². The van der Waals surface area contributed by atoms with E-state index < -0.39 is 29.4 Å². The highest BCUT2D eigenvalue weighted by molar-refractivity contribution is 7.99. The molecule has 11 heteroatoms. The third-order valence-electron chi connectivity index (χ3n) is 4.12. The molecule has 3 rings (SSSR count). The van der Waals surface area contributed by atoms with Gasteiger partial charge in [0.25, 0.3) is 0 Å². The lowest BCUT2D eigenvalue weighted by molar-refractivity contribution is -0.141. The van der Waals surface area contributed by atoms with Crippen LogP contribution in [0.3, 0.4) is 0 Å². The van der Waals surface area contributed by atoms with Crippen LogP contribution in [-0.2, 0) is 22.8 Å². The Morgan fingerprint density at radius 3 is 2.38 bits per heavy atom. The number of halogens is 3. The maximum Gasteiger partial charge on any atom is 0.435 e. The van der Waals surface area contributed by atoms with E-state index in [1.807, 2.05) is 0 Å². The Kier molecular flexibility index (Phi) is 6.98. The zero-order valence-corrected chi connectivity index (χ0v) is 17.6. The zero-order chi connectivity index (χ0) is 23.3. The monoisotopic (exact) mass is 463 g/mol. The number of aromatic nitrogens is 2. The van der Waals surface area contributed by atoms with E-state index in [4.69, 9.17) is 9.57 Å². The molecule has 2 aromatic carbocycles. The Balaban J connectivity index is 1.97. The first kappa shape index (κ1) is 23.1. The van der Waals surface area contributed by atoms with Crippen LogP contribution in [0.2, 0.25) is 0 Å². The van der Waals surface area contributed by atoms with Crippen LogP contribution in [0, 0.1) is 0 Å². The van der Waals surface area contributed by atoms with E-state index in [1.165, 1.54) is 32.4 Å². The number of carbonyl (C=O) groups is 2. The van der Waals surface area contributed by atoms with Gasteiger partial charge in [-0.1, -0.05) is 47.2 Å². The topological polar surface area (TPSA) is 82.8 Å². The molecule has 0 saturated carbocycles. The molecule has 1 aromatic heterocycles. The lowest BCUT2D eigenvalue weighted by Gasteiger charge is -2.08. The average molecular weight is 463 g/mol. The summed E-state index contributed by atoms with van der Waals surface area (Å²) in [6.45, 7) is 0. The highest BCUT2D eigenvalue weighted by Gasteiger charge is 2.39. The maximum atomic E-state index is 13.6. The molecule has 166 valence electrons. The van der Waals surface area contributed by atoms with Crippen molar-refractivity contribution in [3.05, 3.63) is 77.0 Å². The standard InChI is InChI=1S/C21H16F3N3O4S/c1-27-18(32-16-11-7-6-10-14(16)20(29)30-2)15(17(26-27)21(22,23)24)12-25-31-19(28)13-8-4-3-5-9-13/h3-12H,1-2H3.